The molecule has 0 spiro atoms. The van der Waals surface area contributed by atoms with Crippen LogP contribution in [0.25, 0.3) is 0 Å². The number of imidazole rings is 1. The van der Waals surface area contributed by atoms with E-state index in [2.05, 4.69) is 10.3 Å². The zero-order valence-corrected chi connectivity index (χ0v) is 12.6. The molecule has 0 saturated carbocycles. The summed E-state index contributed by atoms with van der Waals surface area (Å²) in [6.07, 6.45) is 4.37. The molecule has 1 heterocycles. The molecule has 0 bridgehead atoms. The van der Waals surface area contributed by atoms with Gasteiger partial charge >= 0.3 is 5.97 Å². The fourth-order valence-corrected chi connectivity index (χ4v) is 2.14. The van der Waals surface area contributed by atoms with Crippen LogP contribution in [0.15, 0.2) is 12.4 Å². The summed E-state index contributed by atoms with van der Waals surface area (Å²) in [7, 11) is 0. The zero-order chi connectivity index (χ0) is 14.5. The van der Waals surface area contributed by atoms with Gasteiger partial charge in [-0.15, -0.1) is 0 Å². The van der Waals surface area contributed by atoms with Crippen molar-refractivity contribution >= 4 is 5.97 Å². The van der Waals surface area contributed by atoms with Crippen molar-refractivity contribution in [1.29, 1.82) is 0 Å². The molecule has 1 aromatic rings. The van der Waals surface area contributed by atoms with Crippen molar-refractivity contribution in [2.24, 2.45) is 0 Å². The third-order valence-electron chi connectivity index (χ3n) is 3.11. The number of hydrogen-bond acceptors (Lipinski definition) is 4. The van der Waals surface area contributed by atoms with E-state index in [0.717, 1.165) is 12.4 Å². The molecule has 0 radical (unpaired) electrons. The van der Waals surface area contributed by atoms with Crippen LogP contribution < -0.4 is 5.32 Å². The summed E-state index contributed by atoms with van der Waals surface area (Å²) in [4.78, 5) is 16.3. The third kappa shape index (κ3) is 4.35. The maximum absolute atomic E-state index is 12.1. The Morgan fingerprint density at radius 3 is 2.74 bits per heavy atom. The number of nitrogens with zero attached hydrogens (tertiary/aromatic N) is 2. The van der Waals surface area contributed by atoms with Gasteiger partial charge in [0.05, 0.1) is 6.61 Å². The minimum Gasteiger partial charge on any atom is -0.465 e. The maximum Gasteiger partial charge on any atom is 0.326 e. The van der Waals surface area contributed by atoms with Gasteiger partial charge in [0.15, 0.2) is 0 Å². The molecular weight excluding hydrogens is 242 g/mol. The molecule has 108 valence electrons. The van der Waals surface area contributed by atoms with Crippen molar-refractivity contribution < 1.29 is 9.53 Å². The highest BCUT2D eigenvalue weighted by atomic mass is 16.5. The van der Waals surface area contributed by atoms with Crippen molar-refractivity contribution in [2.45, 2.75) is 59.2 Å². The first-order valence-electron chi connectivity index (χ1n) is 6.81. The quantitative estimate of drug-likeness (QED) is 0.767. The van der Waals surface area contributed by atoms with Gasteiger partial charge in [0, 0.05) is 25.0 Å². The van der Waals surface area contributed by atoms with E-state index in [1.807, 2.05) is 45.4 Å². The van der Waals surface area contributed by atoms with Crippen molar-refractivity contribution in [3.8, 4) is 0 Å². The Balaban J connectivity index is 2.74. The van der Waals surface area contributed by atoms with Crippen LogP contribution in [0.5, 0.6) is 0 Å². The van der Waals surface area contributed by atoms with E-state index in [0.29, 0.717) is 13.0 Å². The molecule has 0 saturated heterocycles. The first-order valence-corrected chi connectivity index (χ1v) is 6.81. The van der Waals surface area contributed by atoms with Gasteiger partial charge in [-0.1, -0.05) is 0 Å². The predicted octanol–water partition coefficient (Wildman–Crippen LogP) is 1.90. The standard InChI is InChI=1S/C14H25N3O2/c1-6-19-13(18)14(5,16-11(2)3)7-9-17-10-8-15-12(17)4/h8,10-11,16H,6-7,9H2,1-5H3. The monoisotopic (exact) mass is 267 g/mol. The molecule has 5 nitrogen and oxygen atoms in total. The van der Waals surface area contributed by atoms with Crippen LogP contribution in [0, 0.1) is 6.92 Å². The highest BCUT2D eigenvalue weighted by Gasteiger charge is 2.34. The van der Waals surface area contributed by atoms with Crippen molar-refractivity contribution in [3.63, 3.8) is 0 Å². The van der Waals surface area contributed by atoms with E-state index in [-0.39, 0.29) is 12.0 Å². The molecule has 0 fully saturated rings. The molecule has 19 heavy (non-hydrogen) atoms. The number of carbonyl (C=O) groups is 1. The van der Waals surface area contributed by atoms with Crippen molar-refractivity contribution in [1.82, 2.24) is 14.9 Å². The molecular formula is C14H25N3O2. The van der Waals surface area contributed by atoms with Gasteiger partial charge in [0.1, 0.15) is 11.4 Å². The number of nitrogens with one attached hydrogen (secondary N) is 1. The second-order valence-corrected chi connectivity index (χ2v) is 5.27. The normalized spacial score (nSPS) is 14.4. The van der Waals surface area contributed by atoms with Crippen LogP contribution in [0.4, 0.5) is 0 Å². The molecule has 1 atom stereocenters. The van der Waals surface area contributed by atoms with Gasteiger partial charge < -0.3 is 9.30 Å². The molecule has 0 aromatic carbocycles. The minimum atomic E-state index is -0.666. The summed E-state index contributed by atoms with van der Waals surface area (Å²) in [5.74, 6) is 0.761. The number of aryl methyl sites for hydroxylation is 2. The van der Waals surface area contributed by atoms with E-state index < -0.39 is 5.54 Å². The Bertz CT molecular complexity index is 415. The third-order valence-corrected chi connectivity index (χ3v) is 3.11. The van der Waals surface area contributed by atoms with Gasteiger partial charge in [-0.25, -0.2) is 4.98 Å². The first-order chi connectivity index (χ1) is 8.89. The number of ether oxygens (including phenoxy) is 1. The maximum atomic E-state index is 12.1. The van der Waals surface area contributed by atoms with E-state index in [1.165, 1.54) is 0 Å². The summed E-state index contributed by atoms with van der Waals surface area (Å²) >= 11 is 0. The largest absolute Gasteiger partial charge is 0.465 e. The Morgan fingerprint density at radius 2 is 2.26 bits per heavy atom. The molecule has 1 unspecified atom stereocenters. The summed E-state index contributed by atoms with van der Waals surface area (Å²) < 4.78 is 7.22. The molecule has 0 aliphatic carbocycles. The summed E-state index contributed by atoms with van der Waals surface area (Å²) in [5, 5.41) is 3.31. The fraction of sp³-hybridized carbons (Fsp3) is 0.714. The number of esters is 1. The van der Waals surface area contributed by atoms with Crippen LogP contribution in [0.2, 0.25) is 0 Å². The van der Waals surface area contributed by atoms with Crippen LogP contribution in [0.1, 0.15) is 39.9 Å². The average molecular weight is 267 g/mol. The zero-order valence-electron chi connectivity index (χ0n) is 12.6. The fourth-order valence-electron chi connectivity index (χ4n) is 2.14. The van der Waals surface area contributed by atoms with Crippen LogP contribution >= 0.6 is 0 Å². The van der Waals surface area contributed by atoms with E-state index in [4.69, 9.17) is 4.74 Å². The van der Waals surface area contributed by atoms with Gasteiger partial charge in [0.25, 0.3) is 0 Å². The average Bonchev–Trinajstić information content (AvgIpc) is 2.72. The SMILES string of the molecule is CCOC(=O)C(C)(CCn1ccnc1C)NC(C)C. The Kier molecular flexibility index (Phi) is 5.54. The Hall–Kier alpha value is -1.36. The van der Waals surface area contributed by atoms with E-state index in [9.17, 15) is 4.79 Å². The molecule has 1 rings (SSSR count). The van der Waals surface area contributed by atoms with Crippen molar-refractivity contribution in [2.75, 3.05) is 6.61 Å². The van der Waals surface area contributed by atoms with Gasteiger partial charge in [-0.2, -0.15) is 0 Å². The predicted molar refractivity (Wildman–Crippen MR) is 74.9 cm³/mol. The minimum absolute atomic E-state index is 0.193. The molecule has 0 aliphatic rings. The highest BCUT2D eigenvalue weighted by Crippen LogP contribution is 2.15. The molecule has 1 aromatic heterocycles. The van der Waals surface area contributed by atoms with Crippen LogP contribution in [-0.2, 0) is 16.1 Å². The van der Waals surface area contributed by atoms with Crippen LogP contribution in [-0.4, -0.2) is 33.7 Å². The smallest absolute Gasteiger partial charge is 0.326 e. The van der Waals surface area contributed by atoms with Crippen molar-refractivity contribution in [3.05, 3.63) is 18.2 Å². The second-order valence-electron chi connectivity index (χ2n) is 5.27. The summed E-state index contributed by atoms with van der Waals surface area (Å²) in [6.45, 7) is 10.9. The number of aromatic nitrogens is 2. The lowest BCUT2D eigenvalue weighted by atomic mass is 9.96. The van der Waals surface area contributed by atoms with Gasteiger partial charge in [0.2, 0.25) is 0 Å². The van der Waals surface area contributed by atoms with Gasteiger partial charge in [-0.05, 0) is 41.0 Å². The summed E-state index contributed by atoms with van der Waals surface area (Å²) in [5.41, 5.74) is -0.666. The number of hydrogen-bond donors (Lipinski definition) is 1. The van der Waals surface area contributed by atoms with E-state index in [1.54, 1.807) is 6.20 Å². The first kappa shape index (κ1) is 15.7. The lowest BCUT2D eigenvalue weighted by molar-refractivity contribution is -0.151. The Labute approximate surface area is 115 Å². The Morgan fingerprint density at radius 1 is 1.58 bits per heavy atom. The van der Waals surface area contributed by atoms with Crippen LogP contribution in [0.3, 0.4) is 0 Å². The van der Waals surface area contributed by atoms with E-state index >= 15 is 0 Å². The lowest BCUT2D eigenvalue weighted by Gasteiger charge is -2.31. The number of rotatable bonds is 7. The molecule has 1 N–H and O–H groups in total. The molecule has 0 amide bonds. The highest BCUT2D eigenvalue weighted by molar-refractivity contribution is 5.80. The summed E-state index contributed by atoms with van der Waals surface area (Å²) in [6, 6.07) is 0.221. The second kappa shape index (κ2) is 6.70. The van der Waals surface area contributed by atoms with Gasteiger partial charge in [-0.3, -0.25) is 10.1 Å². The topological polar surface area (TPSA) is 56.2 Å². The number of carbonyl (C=O) groups excluding carboxylic acids is 1. The lowest BCUT2D eigenvalue weighted by Crippen LogP contribution is -2.53. The molecule has 5 heteroatoms. The molecule has 0 aliphatic heterocycles.